The van der Waals surface area contributed by atoms with Gasteiger partial charge in [-0.2, -0.15) is 0 Å². The van der Waals surface area contributed by atoms with Crippen LogP contribution in [-0.2, 0) is 0 Å². The number of carbonyl (C=O) groups is 2. The van der Waals surface area contributed by atoms with E-state index < -0.39 is 11.8 Å². The minimum atomic E-state index is -0.427. The van der Waals surface area contributed by atoms with E-state index in [4.69, 9.17) is 21.7 Å². The van der Waals surface area contributed by atoms with Crippen molar-refractivity contribution < 1.29 is 19.1 Å². The molecule has 0 aromatic heterocycles. The van der Waals surface area contributed by atoms with Crippen LogP contribution in [0.5, 0.6) is 11.5 Å². The zero-order valence-electron chi connectivity index (χ0n) is 14.3. The summed E-state index contributed by atoms with van der Waals surface area (Å²) in [5.41, 5.74) is 5.72. The Labute approximate surface area is 183 Å². The maximum atomic E-state index is 12.2. The van der Waals surface area contributed by atoms with Gasteiger partial charge < -0.3 is 9.47 Å². The number of nitrogens with one attached hydrogen (secondary N) is 3. The molecule has 142 valence electrons. The first-order valence-electron chi connectivity index (χ1n) is 7.44. The first-order chi connectivity index (χ1) is 12.8. The van der Waals surface area contributed by atoms with Crippen molar-refractivity contribution >= 4 is 67.7 Å². The van der Waals surface area contributed by atoms with Crippen molar-refractivity contribution in [2.45, 2.75) is 0 Å². The summed E-state index contributed by atoms with van der Waals surface area (Å²) in [6.45, 7) is 0. The molecule has 2 amide bonds. The molecule has 2 aromatic carbocycles. The molecule has 0 heterocycles. The first-order valence-corrected chi connectivity index (χ1v) is 9.72. The highest BCUT2D eigenvalue weighted by atomic mass is 127. The number of halogens is 2. The van der Waals surface area contributed by atoms with Crippen molar-refractivity contribution in [3.8, 4) is 11.5 Å². The molecule has 3 N–H and O–H groups in total. The van der Waals surface area contributed by atoms with Gasteiger partial charge in [0.05, 0.1) is 22.3 Å². The fourth-order valence-electron chi connectivity index (χ4n) is 2.01. The molecule has 0 saturated heterocycles. The van der Waals surface area contributed by atoms with Crippen molar-refractivity contribution in [2.24, 2.45) is 0 Å². The summed E-state index contributed by atoms with van der Waals surface area (Å²) in [6.07, 6.45) is 0. The Bertz CT molecular complexity index is 894. The van der Waals surface area contributed by atoms with Crippen LogP contribution in [0.1, 0.15) is 20.7 Å². The minimum Gasteiger partial charge on any atom is -0.496 e. The lowest BCUT2D eigenvalue weighted by molar-refractivity contribution is 0.0934. The second-order valence-corrected chi connectivity index (χ2v) is 7.49. The topological polar surface area (TPSA) is 88.7 Å². The number of ether oxygens (including phenoxy) is 2. The SMILES string of the molecule is COc1ccc(C(=O)NC(=S)NNC(=O)c2ccc(OC)c(I)c2)cc1Br. The zero-order valence-corrected chi connectivity index (χ0v) is 18.8. The van der Waals surface area contributed by atoms with Crippen molar-refractivity contribution in [3.63, 3.8) is 0 Å². The van der Waals surface area contributed by atoms with Gasteiger partial charge in [-0.25, -0.2) is 0 Å². The highest BCUT2D eigenvalue weighted by Gasteiger charge is 2.12. The van der Waals surface area contributed by atoms with Gasteiger partial charge in [-0.15, -0.1) is 0 Å². The summed E-state index contributed by atoms with van der Waals surface area (Å²) in [5, 5.41) is 2.44. The number of thiocarbonyl (C=S) groups is 1. The van der Waals surface area contributed by atoms with Gasteiger partial charge in [-0.1, -0.05) is 0 Å². The fraction of sp³-hybridized carbons (Fsp3) is 0.118. The number of methoxy groups -OCH3 is 2. The van der Waals surface area contributed by atoms with Crippen LogP contribution in [-0.4, -0.2) is 31.1 Å². The van der Waals surface area contributed by atoms with Gasteiger partial charge in [0.2, 0.25) is 0 Å². The molecule has 27 heavy (non-hydrogen) atoms. The standard InChI is InChI=1S/C17H15BrIN3O4S/c1-25-13-5-3-9(7-11(13)18)15(23)20-17(27)22-21-16(24)10-4-6-14(26-2)12(19)8-10/h3-8H,1-2H3,(H,21,24)(H2,20,22,23,27). The van der Waals surface area contributed by atoms with Crippen LogP contribution in [0, 0.1) is 3.57 Å². The van der Waals surface area contributed by atoms with Gasteiger partial charge in [0.15, 0.2) is 5.11 Å². The van der Waals surface area contributed by atoms with Gasteiger partial charge in [0.25, 0.3) is 11.8 Å². The Morgan fingerprint density at radius 2 is 1.56 bits per heavy atom. The van der Waals surface area contributed by atoms with E-state index in [1.807, 2.05) is 0 Å². The van der Waals surface area contributed by atoms with E-state index in [0.717, 1.165) is 3.57 Å². The Balaban J connectivity index is 1.91. The maximum Gasteiger partial charge on any atom is 0.269 e. The van der Waals surface area contributed by atoms with Crippen LogP contribution in [0.2, 0.25) is 0 Å². The number of amides is 2. The van der Waals surface area contributed by atoms with Gasteiger partial charge in [-0.05, 0) is 87.1 Å². The predicted octanol–water partition coefficient (Wildman–Crippen LogP) is 3.02. The number of hydrazine groups is 1. The number of benzene rings is 2. The summed E-state index contributed by atoms with van der Waals surface area (Å²) in [5.74, 6) is 0.450. The third-order valence-corrected chi connectivity index (χ3v) is 5.01. The molecule has 2 rings (SSSR count). The van der Waals surface area contributed by atoms with Gasteiger partial charge >= 0.3 is 0 Å². The molecule has 0 radical (unpaired) electrons. The van der Waals surface area contributed by atoms with E-state index in [1.165, 1.54) is 7.11 Å². The molecule has 0 aliphatic carbocycles. The maximum absolute atomic E-state index is 12.2. The average Bonchev–Trinajstić information content (AvgIpc) is 2.65. The highest BCUT2D eigenvalue weighted by Crippen LogP contribution is 2.25. The Hall–Kier alpha value is -1.92. The molecule has 0 bridgehead atoms. The number of hydrogen-bond acceptors (Lipinski definition) is 5. The quantitative estimate of drug-likeness (QED) is 0.301. The van der Waals surface area contributed by atoms with Gasteiger partial charge in [0.1, 0.15) is 11.5 Å². The monoisotopic (exact) mass is 563 g/mol. The molecule has 0 saturated carbocycles. The zero-order chi connectivity index (χ0) is 20.0. The number of rotatable bonds is 4. The van der Waals surface area contributed by atoms with E-state index in [0.29, 0.717) is 27.1 Å². The van der Waals surface area contributed by atoms with Gasteiger partial charge in [-0.3, -0.25) is 25.8 Å². The summed E-state index contributed by atoms with van der Waals surface area (Å²) >= 11 is 10.4. The Morgan fingerprint density at radius 3 is 2.11 bits per heavy atom. The third-order valence-electron chi connectivity index (χ3n) is 3.34. The molecule has 7 nitrogen and oxygen atoms in total. The number of hydrogen-bond donors (Lipinski definition) is 3. The molecule has 10 heteroatoms. The summed E-state index contributed by atoms with van der Waals surface area (Å²) in [7, 11) is 3.09. The van der Waals surface area contributed by atoms with Crippen LogP contribution in [0.4, 0.5) is 0 Å². The van der Waals surface area contributed by atoms with E-state index in [2.05, 4.69) is 54.7 Å². The van der Waals surface area contributed by atoms with Crippen LogP contribution in [0.25, 0.3) is 0 Å². The van der Waals surface area contributed by atoms with E-state index in [9.17, 15) is 9.59 Å². The van der Waals surface area contributed by atoms with Crippen LogP contribution in [0.15, 0.2) is 40.9 Å². The molecular formula is C17H15BrIN3O4S. The largest absolute Gasteiger partial charge is 0.496 e. The molecule has 0 atom stereocenters. The van der Waals surface area contributed by atoms with Crippen LogP contribution in [0.3, 0.4) is 0 Å². The van der Waals surface area contributed by atoms with Crippen LogP contribution < -0.4 is 25.6 Å². The summed E-state index contributed by atoms with van der Waals surface area (Å²) < 4.78 is 11.7. The molecular weight excluding hydrogens is 549 g/mol. The molecule has 0 spiro atoms. The Kier molecular flexibility index (Phi) is 7.80. The summed E-state index contributed by atoms with van der Waals surface area (Å²) in [6, 6.07) is 9.84. The second-order valence-electron chi connectivity index (χ2n) is 5.06. The fourth-order valence-corrected chi connectivity index (χ4v) is 3.43. The lowest BCUT2D eigenvalue weighted by Gasteiger charge is -2.12. The van der Waals surface area contributed by atoms with E-state index >= 15 is 0 Å². The molecule has 0 aliphatic rings. The van der Waals surface area contributed by atoms with E-state index in [-0.39, 0.29) is 5.11 Å². The van der Waals surface area contributed by atoms with Crippen molar-refractivity contribution in [1.29, 1.82) is 0 Å². The molecule has 0 fully saturated rings. The molecule has 0 unspecified atom stereocenters. The van der Waals surface area contributed by atoms with Crippen molar-refractivity contribution in [3.05, 3.63) is 55.6 Å². The number of carbonyl (C=O) groups excluding carboxylic acids is 2. The second kappa shape index (κ2) is 9.85. The smallest absolute Gasteiger partial charge is 0.269 e. The Morgan fingerprint density at radius 1 is 0.963 bits per heavy atom. The molecule has 0 aliphatic heterocycles. The lowest BCUT2D eigenvalue weighted by atomic mass is 10.2. The summed E-state index contributed by atoms with van der Waals surface area (Å²) in [4.78, 5) is 24.4. The predicted molar refractivity (Wildman–Crippen MR) is 117 cm³/mol. The van der Waals surface area contributed by atoms with Crippen molar-refractivity contribution in [2.75, 3.05) is 14.2 Å². The van der Waals surface area contributed by atoms with Crippen molar-refractivity contribution in [1.82, 2.24) is 16.2 Å². The highest BCUT2D eigenvalue weighted by molar-refractivity contribution is 14.1. The lowest BCUT2D eigenvalue weighted by Crippen LogP contribution is -2.48. The normalized spacial score (nSPS) is 9.93. The first kappa shape index (κ1) is 21.4. The van der Waals surface area contributed by atoms with Gasteiger partial charge in [0, 0.05) is 11.1 Å². The van der Waals surface area contributed by atoms with Crippen LogP contribution >= 0.6 is 50.7 Å². The molecule has 2 aromatic rings. The minimum absolute atomic E-state index is 0.0384. The third kappa shape index (κ3) is 5.78. The van der Waals surface area contributed by atoms with E-state index in [1.54, 1.807) is 43.5 Å². The average molecular weight is 564 g/mol.